The first-order valence-corrected chi connectivity index (χ1v) is 7.79. The van der Waals surface area contributed by atoms with Crippen LogP contribution in [0.5, 0.6) is 0 Å². The van der Waals surface area contributed by atoms with Crippen LogP contribution in [-0.4, -0.2) is 17.3 Å². The summed E-state index contributed by atoms with van der Waals surface area (Å²) < 4.78 is 0. The van der Waals surface area contributed by atoms with Gasteiger partial charge in [-0.3, -0.25) is 14.4 Å². The second-order valence-corrected chi connectivity index (χ2v) is 5.88. The normalized spacial score (nSPS) is 13.8. The fourth-order valence-electron chi connectivity index (χ4n) is 2.55. The van der Waals surface area contributed by atoms with Crippen molar-refractivity contribution in [2.24, 2.45) is 0 Å². The molecule has 0 spiro atoms. The number of allylic oxidation sites excluding steroid dienone is 2. The van der Waals surface area contributed by atoms with Gasteiger partial charge in [0.15, 0.2) is 5.78 Å². The zero-order chi connectivity index (χ0) is 17.3. The summed E-state index contributed by atoms with van der Waals surface area (Å²) in [5.74, 6) is -0.665. The molecule has 0 aliphatic heterocycles. The van der Waals surface area contributed by atoms with E-state index in [0.717, 1.165) is 5.56 Å². The largest absolute Gasteiger partial charge is 0.376 e. The fraction of sp³-hybridized carbons (Fsp3) is 0.105. The highest BCUT2D eigenvalue weighted by atomic mass is 35.5. The van der Waals surface area contributed by atoms with Gasteiger partial charge in [-0.1, -0.05) is 60.1 Å². The van der Waals surface area contributed by atoms with Crippen molar-refractivity contribution in [2.75, 3.05) is 0 Å². The third-order valence-corrected chi connectivity index (χ3v) is 4.25. The number of carbonyl (C=O) groups excluding carboxylic acids is 3. The Morgan fingerprint density at radius 3 is 2.12 bits per heavy atom. The topological polar surface area (TPSA) is 63.2 Å². The van der Waals surface area contributed by atoms with Gasteiger partial charge >= 0.3 is 0 Å². The van der Waals surface area contributed by atoms with Gasteiger partial charge in [-0.2, -0.15) is 0 Å². The lowest BCUT2D eigenvalue weighted by atomic mass is 9.92. The Labute approximate surface area is 144 Å². The molecule has 0 fully saturated rings. The number of Topliss-reactive ketones (excluding diaryl/α,β-unsaturated/α-hetero) is 3. The van der Waals surface area contributed by atoms with E-state index in [-0.39, 0.29) is 28.1 Å². The van der Waals surface area contributed by atoms with Crippen molar-refractivity contribution in [1.82, 2.24) is 5.32 Å². The molecule has 0 amide bonds. The summed E-state index contributed by atoms with van der Waals surface area (Å²) in [4.78, 5) is 36.1. The molecule has 1 N–H and O–H groups in total. The first kappa shape index (κ1) is 16.1. The van der Waals surface area contributed by atoms with Crippen molar-refractivity contribution < 1.29 is 14.4 Å². The van der Waals surface area contributed by atoms with Crippen LogP contribution in [0.4, 0.5) is 0 Å². The van der Waals surface area contributed by atoms with Crippen LogP contribution in [0.3, 0.4) is 0 Å². The SMILES string of the molecule is CC(=O)c1ccc(CNC2=C(Cl)C(=O)c3ccccc3C2=O)cc1. The second-order valence-electron chi connectivity index (χ2n) is 5.50. The van der Waals surface area contributed by atoms with E-state index in [4.69, 9.17) is 11.6 Å². The maximum absolute atomic E-state index is 12.5. The number of carbonyl (C=O) groups is 3. The quantitative estimate of drug-likeness (QED) is 0.866. The first-order chi connectivity index (χ1) is 11.5. The van der Waals surface area contributed by atoms with Crippen molar-refractivity contribution in [1.29, 1.82) is 0 Å². The molecule has 0 atom stereocenters. The molecule has 1 aliphatic rings. The van der Waals surface area contributed by atoms with E-state index < -0.39 is 0 Å². The molecule has 0 aromatic heterocycles. The number of hydrogen-bond acceptors (Lipinski definition) is 4. The third-order valence-electron chi connectivity index (χ3n) is 3.89. The summed E-state index contributed by atoms with van der Waals surface area (Å²) in [7, 11) is 0. The number of nitrogens with one attached hydrogen (secondary N) is 1. The summed E-state index contributed by atoms with van der Waals surface area (Å²) in [5.41, 5.74) is 2.27. The number of halogens is 1. The molecule has 0 saturated carbocycles. The van der Waals surface area contributed by atoms with Crippen LogP contribution in [-0.2, 0) is 6.54 Å². The predicted molar refractivity (Wildman–Crippen MR) is 91.3 cm³/mol. The summed E-state index contributed by atoms with van der Waals surface area (Å²) in [5, 5.41) is 2.85. The van der Waals surface area contributed by atoms with E-state index in [2.05, 4.69) is 5.32 Å². The highest BCUT2D eigenvalue weighted by molar-refractivity contribution is 6.49. The molecule has 4 nitrogen and oxygen atoms in total. The third kappa shape index (κ3) is 2.88. The zero-order valence-electron chi connectivity index (χ0n) is 12.9. The molecule has 5 heteroatoms. The zero-order valence-corrected chi connectivity index (χ0v) is 13.7. The summed E-state index contributed by atoms with van der Waals surface area (Å²) in [6, 6.07) is 13.6. The Balaban J connectivity index is 1.82. The first-order valence-electron chi connectivity index (χ1n) is 7.41. The maximum atomic E-state index is 12.5. The monoisotopic (exact) mass is 339 g/mol. The molecule has 0 heterocycles. The maximum Gasteiger partial charge on any atom is 0.211 e. The van der Waals surface area contributed by atoms with E-state index in [9.17, 15) is 14.4 Å². The highest BCUT2D eigenvalue weighted by Crippen LogP contribution is 2.27. The molecular weight excluding hydrogens is 326 g/mol. The average Bonchev–Trinajstić information content (AvgIpc) is 2.60. The van der Waals surface area contributed by atoms with E-state index in [0.29, 0.717) is 23.2 Å². The van der Waals surface area contributed by atoms with Crippen LogP contribution >= 0.6 is 11.6 Å². The van der Waals surface area contributed by atoms with Crippen molar-refractivity contribution in [3.05, 3.63) is 81.5 Å². The number of rotatable bonds is 4. The van der Waals surface area contributed by atoms with Gasteiger partial charge in [0.05, 0.1) is 0 Å². The van der Waals surface area contributed by atoms with Crippen molar-refractivity contribution in [3.63, 3.8) is 0 Å². The number of benzene rings is 2. The van der Waals surface area contributed by atoms with Gasteiger partial charge in [-0.05, 0) is 12.5 Å². The van der Waals surface area contributed by atoms with Crippen LogP contribution < -0.4 is 5.32 Å². The minimum absolute atomic E-state index is 0.00933. The van der Waals surface area contributed by atoms with Crippen LogP contribution in [0, 0.1) is 0 Å². The van der Waals surface area contributed by atoms with Gasteiger partial charge in [-0.15, -0.1) is 0 Å². The molecule has 2 aromatic rings. The molecule has 24 heavy (non-hydrogen) atoms. The molecule has 0 radical (unpaired) electrons. The number of hydrogen-bond donors (Lipinski definition) is 1. The van der Waals surface area contributed by atoms with E-state index >= 15 is 0 Å². The molecule has 120 valence electrons. The Hall–Kier alpha value is -2.72. The Kier molecular flexibility index (Phi) is 4.32. The van der Waals surface area contributed by atoms with Crippen LogP contribution in [0.2, 0.25) is 0 Å². The van der Waals surface area contributed by atoms with E-state index in [1.807, 2.05) is 0 Å². The Morgan fingerprint density at radius 2 is 1.54 bits per heavy atom. The molecule has 3 rings (SSSR count). The minimum atomic E-state index is -0.360. The number of ketones is 3. The molecule has 1 aliphatic carbocycles. The fourth-order valence-corrected chi connectivity index (χ4v) is 2.81. The van der Waals surface area contributed by atoms with Gasteiger partial charge in [0.2, 0.25) is 11.6 Å². The lowest BCUT2D eigenvalue weighted by molar-refractivity contribution is 0.0974. The molecule has 0 saturated heterocycles. The summed E-state index contributed by atoms with van der Waals surface area (Å²) in [6.45, 7) is 1.83. The average molecular weight is 340 g/mol. The lowest BCUT2D eigenvalue weighted by Gasteiger charge is -2.19. The van der Waals surface area contributed by atoms with E-state index in [1.165, 1.54) is 6.92 Å². The predicted octanol–water partition coefficient (Wildman–Crippen LogP) is 3.51. The Morgan fingerprint density at radius 1 is 0.958 bits per heavy atom. The number of fused-ring (bicyclic) bond motifs is 1. The summed E-state index contributed by atoms with van der Waals surface area (Å²) in [6.07, 6.45) is 0. The van der Waals surface area contributed by atoms with Gasteiger partial charge < -0.3 is 5.32 Å². The highest BCUT2D eigenvalue weighted by Gasteiger charge is 2.30. The van der Waals surface area contributed by atoms with E-state index in [1.54, 1.807) is 48.5 Å². The van der Waals surface area contributed by atoms with Gasteiger partial charge in [0.1, 0.15) is 10.7 Å². The van der Waals surface area contributed by atoms with Crippen molar-refractivity contribution in [2.45, 2.75) is 13.5 Å². The Bertz CT molecular complexity index is 882. The van der Waals surface area contributed by atoms with Crippen LogP contribution in [0.1, 0.15) is 43.6 Å². The van der Waals surface area contributed by atoms with Crippen LogP contribution in [0.15, 0.2) is 59.3 Å². The van der Waals surface area contributed by atoms with Gasteiger partial charge in [-0.25, -0.2) is 0 Å². The van der Waals surface area contributed by atoms with Crippen molar-refractivity contribution >= 4 is 29.0 Å². The van der Waals surface area contributed by atoms with Gasteiger partial charge in [0.25, 0.3) is 0 Å². The lowest BCUT2D eigenvalue weighted by Crippen LogP contribution is -2.28. The molecular formula is C19H14ClNO3. The van der Waals surface area contributed by atoms with Crippen LogP contribution in [0.25, 0.3) is 0 Å². The molecule has 2 aromatic carbocycles. The van der Waals surface area contributed by atoms with Gasteiger partial charge in [0, 0.05) is 23.2 Å². The minimum Gasteiger partial charge on any atom is -0.376 e. The molecule has 0 bridgehead atoms. The molecule has 0 unspecified atom stereocenters. The standard InChI is InChI=1S/C19H14ClNO3/c1-11(22)13-8-6-12(7-9-13)10-21-17-16(20)18(23)14-4-2-3-5-15(14)19(17)24/h2-9,21H,10H2,1H3. The second kappa shape index (κ2) is 6.42. The van der Waals surface area contributed by atoms with Crippen molar-refractivity contribution in [3.8, 4) is 0 Å². The summed E-state index contributed by atoms with van der Waals surface area (Å²) >= 11 is 6.09. The smallest absolute Gasteiger partial charge is 0.211 e.